The Labute approximate surface area is 126 Å². The van der Waals surface area contributed by atoms with Crippen LogP contribution in [0.25, 0.3) is 0 Å². The van der Waals surface area contributed by atoms with E-state index in [4.69, 9.17) is 0 Å². The summed E-state index contributed by atoms with van der Waals surface area (Å²) in [4.78, 5) is 11.3. The van der Waals surface area contributed by atoms with Gasteiger partial charge in [-0.05, 0) is 12.6 Å². The molecule has 1 aromatic carbocycles. The Hall–Kier alpha value is -1.11. The summed E-state index contributed by atoms with van der Waals surface area (Å²) in [6, 6.07) is 9.03. The molecule has 0 bridgehead atoms. The van der Waals surface area contributed by atoms with Crippen LogP contribution in [0.15, 0.2) is 30.3 Å². The molecule has 0 atom stereocenters. The van der Waals surface area contributed by atoms with E-state index in [-0.39, 0.29) is 36.4 Å². The molecule has 0 aliphatic carbocycles. The summed E-state index contributed by atoms with van der Waals surface area (Å²) in [6.07, 6.45) is 0.356. The number of amides is 1. The quantitative estimate of drug-likeness (QED) is 0.741. The van der Waals surface area contributed by atoms with E-state index in [1.54, 1.807) is 19.2 Å². The number of nitrogens with one attached hydrogen (secondary N) is 2. The van der Waals surface area contributed by atoms with Crippen molar-refractivity contribution in [2.75, 3.05) is 25.9 Å². The van der Waals surface area contributed by atoms with Gasteiger partial charge in [0.2, 0.25) is 5.91 Å². The maximum atomic E-state index is 11.8. The van der Waals surface area contributed by atoms with Gasteiger partial charge in [0.05, 0.1) is 11.5 Å². The molecule has 20 heavy (non-hydrogen) atoms. The van der Waals surface area contributed by atoms with Crippen LogP contribution in [0.3, 0.4) is 0 Å². The average Bonchev–Trinajstić information content (AvgIpc) is 2.36. The van der Waals surface area contributed by atoms with Crippen LogP contribution in [-0.4, -0.2) is 40.2 Å². The number of carbonyl (C=O) groups is 1. The number of benzene rings is 1. The lowest BCUT2D eigenvalue weighted by molar-refractivity contribution is -0.120. The zero-order valence-corrected chi connectivity index (χ0v) is 13.1. The standard InChI is InChI=1S/C13H20N2O3S.ClH/c1-14-8-7-13(16)15-9-10-19(17,18)11-12-5-3-2-4-6-12;/h2-6,14H,7-11H2,1H3,(H,15,16);1H. The Morgan fingerprint density at radius 1 is 1.15 bits per heavy atom. The maximum absolute atomic E-state index is 11.8. The molecule has 0 unspecified atom stereocenters. The van der Waals surface area contributed by atoms with Gasteiger partial charge in [-0.15, -0.1) is 12.4 Å². The van der Waals surface area contributed by atoms with Gasteiger partial charge in [-0.3, -0.25) is 4.79 Å². The monoisotopic (exact) mass is 320 g/mol. The van der Waals surface area contributed by atoms with E-state index in [0.29, 0.717) is 13.0 Å². The van der Waals surface area contributed by atoms with E-state index in [9.17, 15) is 13.2 Å². The summed E-state index contributed by atoms with van der Waals surface area (Å²) in [6.45, 7) is 0.750. The summed E-state index contributed by atoms with van der Waals surface area (Å²) < 4.78 is 23.7. The number of hydrogen-bond acceptors (Lipinski definition) is 4. The summed E-state index contributed by atoms with van der Waals surface area (Å²) in [7, 11) is -1.42. The molecule has 114 valence electrons. The Balaban J connectivity index is 0.00000361. The van der Waals surface area contributed by atoms with Crippen molar-refractivity contribution < 1.29 is 13.2 Å². The van der Waals surface area contributed by atoms with Gasteiger partial charge in [0.15, 0.2) is 9.84 Å². The van der Waals surface area contributed by atoms with Crippen LogP contribution in [0, 0.1) is 0 Å². The Morgan fingerprint density at radius 3 is 2.40 bits per heavy atom. The number of hydrogen-bond donors (Lipinski definition) is 2. The Morgan fingerprint density at radius 2 is 1.80 bits per heavy atom. The molecule has 0 fully saturated rings. The lowest BCUT2D eigenvalue weighted by Crippen LogP contribution is -2.31. The highest BCUT2D eigenvalue weighted by Crippen LogP contribution is 2.05. The molecule has 2 N–H and O–H groups in total. The average molecular weight is 321 g/mol. The van der Waals surface area contributed by atoms with E-state index in [1.165, 1.54) is 0 Å². The number of carbonyl (C=O) groups excluding carboxylic acids is 1. The van der Waals surface area contributed by atoms with E-state index in [1.807, 2.05) is 18.2 Å². The lowest BCUT2D eigenvalue weighted by atomic mass is 10.2. The van der Waals surface area contributed by atoms with Crippen LogP contribution in [0.2, 0.25) is 0 Å². The van der Waals surface area contributed by atoms with Gasteiger partial charge >= 0.3 is 0 Å². The van der Waals surface area contributed by atoms with Crippen molar-refractivity contribution in [3.05, 3.63) is 35.9 Å². The first kappa shape index (κ1) is 18.9. The van der Waals surface area contributed by atoms with Crippen LogP contribution >= 0.6 is 12.4 Å². The fraction of sp³-hybridized carbons (Fsp3) is 0.462. The molecule has 1 rings (SSSR count). The van der Waals surface area contributed by atoms with Gasteiger partial charge in [-0.25, -0.2) is 8.42 Å². The third-order valence-corrected chi connectivity index (χ3v) is 4.17. The fourth-order valence-electron chi connectivity index (χ4n) is 1.57. The predicted molar refractivity (Wildman–Crippen MR) is 82.7 cm³/mol. The smallest absolute Gasteiger partial charge is 0.221 e. The van der Waals surface area contributed by atoms with E-state index >= 15 is 0 Å². The largest absolute Gasteiger partial charge is 0.355 e. The molecule has 1 aromatic rings. The minimum Gasteiger partial charge on any atom is -0.355 e. The van der Waals surface area contributed by atoms with E-state index < -0.39 is 9.84 Å². The highest BCUT2D eigenvalue weighted by atomic mass is 35.5. The van der Waals surface area contributed by atoms with Crippen LogP contribution in [0.1, 0.15) is 12.0 Å². The van der Waals surface area contributed by atoms with Crippen molar-refractivity contribution in [1.82, 2.24) is 10.6 Å². The minimum atomic E-state index is -3.18. The normalized spacial score (nSPS) is 10.7. The lowest BCUT2D eigenvalue weighted by Gasteiger charge is -2.06. The summed E-state index contributed by atoms with van der Waals surface area (Å²) in [5.74, 6) is -0.155. The van der Waals surface area contributed by atoms with Gasteiger partial charge in [-0.1, -0.05) is 30.3 Å². The van der Waals surface area contributed by atoms with Crippen molar-refractivity contribution in [2.24, 2.45) is 0 Å². The first-order valence-corrected chi connectivity index (χ1v) is 8.01. The molecular formula is C13H21ClN2O3S. The van der Waals surface area contributed by atoms with Crippen molar-refractivity contribution >= 4 is 28.2 Å². The van der Waals surface area contributed by atoms with Crippen molar-refractivity contribution in [3.8, 4) is 0 Å². The topological polar surface area (TPSA) is 75.3 Å². The van der Waals surface area contributed by atoms with Gasteiger partial charge in [-0.2, -0.15) is 0 Å². The molecule has 1 amide bonds. The molecule has 0 spiro atoms. The number of rotatable bonds is 8. The molecule has 0 saturated carbocycles. The van der Waals surface area contributed by atoms with Crippen molar-refractivity contribution in [1.29, 1.82) is 0 Å². The summed E-state index contributed by atoms with van der Waals surface area (Å²) in [5, 5.41) is 5.46. The van der Waals surface area contributed by atoms with Crippen molar-refractivity contribution in [3.63, 3.8) is 0 Å². The van der Waals surface area contributed by atoms with Gasteiger partial charge in [0.1, 0.15) is 0 Å². The van der Waals surface area contributed by atoms with Crippen LogP contribution in [-0.2, 0) is 20.4 Å². The molecular weight excluding hydrogens is 300 g/mol. The molecule has 0 saturated heterocycles. The summed E-state index contributed by atoms with van der Waals surface area (Å²) in [5.41, 5.74) is 0.768. The molecule has 7 heteroatoms. The highest BCUT2D eigenvalue weighted by Gasteiger charge is 2.12. The van der Waals surface area contributed by atoms with Crippen LogP contribution < -0.4 is 10.6 Å². The van der Waals surface area contributed by atoms with E-state index in [0.717, 1.165) is 5.56 Å². The second-order valence-corrected chi connectivity index (χ2v) is 6.47. The predicted octanol–water partition coefficient (Wildman–Crippen LogP) is 0.749. The Kier molecular flexibility index (Phi) is 9.20. The molecule has 0 aliphatic heterocycles. The maximum Gasteiger partial charge on any atom is 0.221 e. The SMILES string of the molecule is CNCCC(=O)NCCS(=O)(=O)Cc1ccccc1.Cl. The van der Waals surface area contributed by atoms with Crippen LogP contribution in [0.5, 0.6) is 0 Å². The molecule has 0 aromatic heterocycles. The molecule has 0 radical (unpaired) electrons. The molecule has 0 heterocycles. The third-order valence-electron chi connectivity index (χ3n) is 2.57. The Bertz CT molecular complexity index is 492. The van der Waals surface area contributed by atoms with Crippen molar-refractivity contribution in [2.45, 2.75) is 12.2 Å². The third kappa shape index (κ3) is 8.14. The first-order valence-electron chi connectivity index (χ1n) is 6.19. The fourth-order valence-corrected chi connectivity index (χ4v) is 2.83. The number of halogens is 1. The van der Waals surface area contributed by atoms with Gasteiger partial charge in [0.25, 0.3) is 0 Å². The summed E-state index contributed by atoms with van der Waals surface area (Å²) >= 11 is 0. The second kappa shape index (κ2) is 9.74. The first-order chi connectivity index (χ1) is 9.03. The zero-order chi connectivity index (χ0) is 14.1. The minimum absolute atomic E-state index is 0. The van der Waals surface area contributed by atoms with Crippen LogP contribution in [0.4, 0.5) is 0 Å². The zero-order valence-electron chi connectivity index (χ0n) is 11.5. The van der Waals surface area contributed by atoms with Gasteiger partial charge < -0.3 is 10.6 Å². The van der Waals surface area contributed by atoms with Gasteiger partial charge in [0, 0.05) is 19.5 Å². The van der Waals surface area contributed by atoms with E-state index in [2.05, 4.69) is 10.6 Å². The second-order valence-electron chi connectivity index (χ2n) is 4.28. The molecule has 0 aliphatic rings. The molecule has 5 nitrogen and oxygen atoms in total. The number of sulfone groups is 1. The highest BCUT2D eigenvalue weighted by molar-refractivity contribution is 7.90.